The van der Waals surface area contributed by atoms with E-state index in [0.717, 1.165) is 25.4 Å². The van der Waals surface area contributed by atoms with Crippen molar-refractivity contribution in [2.75, 3.05) is 13.1 Å². The van der Waals surface area contributed by atoms with Crippen LogP contribution in [-0.2, 0) is 0 Å². The van der Waals surface area contributed by atoms with E-state index in [1.54, 1.807) is 6.07 Å². The lowest BCUT2D eigenvalue weighted by Crippen LogP contribution is -2.28. The monoisotopic (exact) mass is 235 g/mol. The highest BCUT2D eigenvalue weighted by molar-refractivity contribution is 5.20. The molecular formula is C15H22FN. The van der Waals surface area contributed by atoms with Gasteiger partial charge in [0.2, 0.25) is 0 Å². The smallest absolute Gasteiger partial charge is 0.123 e. The molecule has 1 aliphatic heterocycles. The van der Waals surface area contributed by atoms with Crippen molar-refractivity contribution >= 4 is 0 Å². The number of nitrogens with one attached hydrogen (secondary N) is 1. The van der Waals surface area contributed by atoms with Crippen LogP contribution in [0.2, 0.25) is 0 Å². The van der Waals surface area contributed by atoms with Crippen LogP contribution in [0.4, 0.5) is 4.39 Å². The van der Waals surface area contributed by atoms with Crippen molar-refractivity contribution in [1.82, 2.24) is 5.32 Å². The van der Waals surface area contributed by atoms with Crippen LogP contribution >= 0.6 is 0 Å². The van der Waals surface area contributed by atoms with Gasteiger partial charge in [-0.15, -0.1) is 0 Å². The van der Waals surface area contributed by atoms with Crippen molar-refractivity contribution in [3.05, 3.63) is 35.6 Å². The zero-order valence-corrected chi connectivity index (χ0v) is 10.6. The van der Waals surface area contributed by atoms with Crippen molar-refractivity contribution in [2.45, 2.75) is 38.5 Å². The van der Waals surface area contributed by atoms with Gasteiger partial charge in [-0.3, -0.25) is 0 Å². The van der Waals surface area contributed by atoms with Crippen LogP contribution in [0.15, 0.2) is 24.3 Å². The first-order chi connectivity index (χ1) is 8.29. The van der Waals surface area contributed by atoms with Gasteiger partial charge < -0.3 is 5.32 Å². The van der Waals surface area contributed by atoms with Gasteiger partial charge in [0.25, 0.3) is 0 Å². The Hall–Kier alpha value is -0.890. The maximum atomic E-state index is 13.2. The van der Waals surface area contributed by atoms with Crippen molar-refractivity contribution < 1.29 is 4.39 Å². The normalized spacial score (nSPS) is 19.2. The fraction of sp³-hybridized carbons (Fsp3) is 0.600. The molecule has 17 heavy (non-hydrogen) atoms. The van der Waals surface area contributed by atoms with Crippen molar-refractivity contribution in [3.8, 4) is 0 Å². The second-order valence-electron chi connectivity index (χ2n) is 5.09. The number of benzene rings is 1. The van der Waals surface area contributed by atoms with E-state index in [-0.39, 0.29) is 5.82 Å². The SMILES string of the molecule is CCC(CC1CCNCC1)c1cccc(F)c1. The minimum Gasteiger partial charge on any atom is -0.317 e. The minimum atomic E-state index is -0.105. The highest BCUT2D eigenvalue weighted by Crippen LogP contribution is 2.30. The lowest BCUT2D eigenvalue weighted by Gasteiger charge is -2.26. The lowest BCUT2D eigenvalue weighted by molar-refractivity contribution is 0.327. The zero-order chi connectivity index (χ0) is 12.1. The molecule has 1 unspecified atom stereocenters. The molecule has 1 saturated heterocycles. The molecule has 1 heterocycles. The molecule has 1 aromatic carbocycles. The predicted molar refractivity (Wildman–Crippen MR) is 69.6 cm³/mol. The van der Waals surface area contributed by atoms with Gasteiger partial charge in [-0.05, 0) is 68.3 Å². The molecule has 1 atom stereocenters. The molecule has 1 aromatic rings. The van der Waals surface area contributed by atoms with Crippen LogP contribution in [0.25, 0.3) is 0 Å². The number of rotatable bonds is 4. The first-order valence-electron chi connectivity index (χ1n) is 6.75. The molecule has 94 valence electrons. The van der Waals surface area contributed by atoms with Gasteiger partial charge in [0.05, 0.1) is 0 Å². The van der Waals surface area contributed by atoms with Gasteiger partial charge in [-0.2, -0.15) is 0 Å². The fourth-order valence-corrected chi connectivity index (χ4v) is 2.82. The largest absolute Gasteiger partial charge is 0.317 e. The summed E-state index contributed by atoms with van der Waals surface area (Å²) in [5, 5.41) is 3.39. The number of hydrogen-bond donors (Lipinski definition) is 1. The summed E-state index contributed by atoms with van der Waals surface area (Å²) >= 11 is 0. The van der Waals surface area contributed by atoms with Crippen molar-refractivity contribution in [1.29, 1.82) is 0 Å². The maximum Gasteiger partial charge on any atom is 0.123 e. The van der Waals surface area contributed by atoms with Crippen LogP contribution < -0.4 is 5.32 Å². The van der Waals surface area contributed by atoms with E-state index in [2.05, 4.69) is 18.3 Å². The number of piperidine rings is 1. The topological polar surface area (TPSA) is 12.0 Å². The number of hydrogen-bond acceptors (Lipinski definition) is 1. The summed E-state index contributed by atoms with van der Waals surface area (Å²) in [6.45, 7) is 4.49. The van der Waals surface area contributed by atoms with Crippen LogP contribution in [-0.4, -0.2) is 13.1 Å². The molecule has 2 rings (SSSR count). The molecular weight excluding hydrogens is 213 g/mol. The van der Waals surface area contributed by atoms with E-state index in [4.69, 9.17) is 0 Å². The Morgan fingerprint density at radius 2 is 2.12 bits per heavy atom. The predicted octanol–water partition coefficient (Wildman–Crippen LogP) is 3.71. The molecule has 0 saturated carbocycles. The molecule has 1 nitrogen and oxygen atoms in total. The Balaban J connectivity index is 2.00. The molecule has 0 amide bonds. The van der Waals surface area contributed by atoms with Gasteiger partial charge in [0.15, 0.2) is 0 Å². The van der Waals surface area contributed by atoms with E-state index >= 15 is 0 Å². The minimum absolute atomic E-state index is 0.105. The summed E-state index contributed by atoms with van der Waals surface area (Å²) in [6.07, 6.45) is 4.85. The Bertz CT molecular complexity index is 345. The summed E-state index contributed by atoms with van der Waals surface area (Å²) in [7, 11) is 0. The Labute approximate surface area is 103 Å². The Kier molecular flexibility index (Phi) is 4.55. The molecule has 1 aliphatic rings. The fourth-order valence-electron chi connectivity index (χ4n) is 2.82. The van der Waals surface area contributed by atoms with E-state index < -0.39 is 0 Å². The maximum absolute atomic E-state index is 13.2. The first kappa shape index (κ1) is 12.6. The molecule has 0 bridgehead atoms. The molecule has 0 aromatic heterocycles. The third-order valence-electron chi connectivity index (χ3n) is 3.89. The van der Waals surface area contributed by atoms with Gasteiger partial charge in [-0.25, -0.2) is 4.39 Å². The van der Waals surface area contributed by atoms with Crippen molar-refractivity contribution in [3.63, 3.8) is 0 Å². The van der Waals surface area contributed by atoms with E-state index in [1.807, 2.05) is 6.07 Å². The van der Waals surface area contributed by atoms with E-state index in [9.17, 15) is 4.39 Å². The molecule has 2 heteroatoms. The molecule has 0 spiro atoms. The third-order valence-corrected chi connectivity index (χ3v) is 3.89. The highest BCUT2D eigenvalue weighted by atomic mass is 19.1. The lowest BCUT2D eigenvalue weighted by atomic mass is 9.83. The van der Waals surface area contributed by atoms with E-state index in [0.29, 0.717) is 5.92 Å². The van der Waals surface area contributed by atoms with Gasteiger partial charge in [-0.1, -0.05) is 19.1 Å². The summed E-state index contributed by atoms with van der Waals surface area (Å²) in [5.41, 5.74) is 1.17. The number of halogens is 1. The molecule has 0 aliphatic carbocycles. The van der Waals surface area contributed by atoms with Crippen LogP contribution in [0.3, 0.4) is 0 Å². The zero-order valence-electron chi connectivity index (χ0n) is 10.6. The summed E-state index contributed by atoms with van der Waals surface area (Å²) < 4.78 is 13.2. The molecule has 1 fully saturated rings. The van der Waals surface area contributed by atoms with Gasteiger partial charge in [0.1, 0.15) is 5.82 Å². The summed E-state index contributed by atoms with van der Waals surface area (Å²) in [4.78, 5) is 0. The van der Waals surface area contributed by atoms with E-state index in [1.165, 1.54) is 30.9 Å². The quantitative estimate of drug-likeness (QED) is 0.839. The molecule has 0 radical (unpaired) electrons. The van der Waals surface area contributed by atoms with Crippen molar-refractivity contribution in [2.24, 2.45) is 5.92 Å². The Morgan fingerprint density at radius 1 is 1.35 bits per heavy atom. The van der Waals surface area contributed by atoms with Crippen LogP contribution in [0.5, 0.6) is 0 Å². The second kappa shape index (κ2) is 6.15. The van der Waals surface area contributed by atoms with Crippen LogP contribution in [0, 0.1) is 11.7 Å². The summed E-state index contributed by atoms with van der Waals surface area (Å²) in [5.74, 6) is 1.23. The Morgan fingerprint density at radius 3 is 2.76 bits per heavy atom. The highest BCUT2D eigenvalue weighted by Gasteiger charge is 2.19. The average Bonchev–Trinajstić information content (AvgIpc) is 2.37. The average molecular weight is 235 g/mol. The first-order valence-corrected chi connectivity index (χ1v) is 6.75. The van der Waals surface area contributed by atoms with Crippen LogP contribution in [0.1, 0.15) is 44.1 Å². The third kappa shape index (κ3) is 3.53. The standard InChI is InChI=1S/C15H22FN/c1-2-13(10-12-6-8-17-9-7-12)14-4-3-5-15(16)11-14/h3-5,11-13,17H,2,6-10H2,1H3. The molecule has 1 N–H and O–H groups in total. The van der Waals surface area contributed by atoms with Gasteiger partial charge >= 0.3 is 0 Å². The summed E-state index contributed by atoms with van der Waals surface area (Å²) in [6, 6.07) is 7.13. The van der Waals surface area contributed by atoms with Gasteiger partial charge in [0, 0.05) is 0 Å². The second-order valence-corrected chi connectivity index (χ2v) is 5.09.